The predicted molar refractivity (Wildman–Crippen MR) is 112 cm³/mol. The van der Waals surface area contributed by atoms with E-state index in [1.165, 1.54) is 11.9 Å². The van der Waals surface area contributed by atoms with Gasteiger partial charge in [0.15, 0.2) is 0 Å². The summed E-state index contributed by atoms with van der Waals surface area (Å²) >= 11 is 0. The van der Waals surface area contributed by atoms with Crippen LogP contribution in [0.2, 0.25) is 0 Å². The molecule has 1 aliphatic heterocycles. The summed E-state index contributed by atoms with van der Waals surface area (Å²) in [5, 5.41) is 0. The Morgan fingerprint density at radius 1 is 1.03 bits per heavy atom. The molecule has 1 fully saturated rings. The van der Waals surface area contributed by atoms with Gasteiger partial charge in [-0.2, -0.15) is 0 Å². The number of carbonyl (C=O) groups excluding carboxylic acids is 1. The van der Waals surface area contributed by atoms with Crippen molar-refractivity contribution in [2.75, 3.05) is 24.5 Å². The molecular formula is C23H24N4O2. The third-order valence-corrected chi connectivity index (χ3v) is 5.10. The Bertz CT molecular complexity index is 976. The lowest BCUT2D eigenvalue weighted by molar-refractivity contribution is 0.0673. The van der Waals surface area contributed by atoms with Crippen LogP contribution in [-0.4, -0.2) is 46.5 Å². The van der Waals surface area contributed by atoms with E-state index in [1.54, 1.807) is 0 Å². The Labute approximate surface area is 170 Å². The zero-order valence-electron chi connectivity index (χ0n) is 16.7. The predicted octanol–water partition coefficient (Wildman–Crippen LogP) is 3.93. The standard InChI is InChI=1S/C23H24N4O2/c1-17-8-10-20(11-9-17)29-22-14-21(24-16-25-22)26-12-13-27(18(2)15-26)23(28)19-6-4-3-5-7-19/h3-11,14,16,18H,12-13,15H2,1-2H3/t18-/m0/s1. The smallest absolute Gasteiger partial charge is 0.254 e. The summed E-state index contributed by atoms with van der Waals surface area (Å²) in [5.74, 6) is 2.13. The maximum atomic E-state index is 12.8. The van der Waals surface area contributed by atoms with Gasteiger partial charge in [-0.15, -0.1) is 0 Å². The highest BCUT2D eigenvalue weighted by Crippen LogP contribution is 2.24. The molecule has 6 heteroatoms. The van der Waals surface area contributed by atoms with E-state index in [4.69, 9.17) is 4.74 Å². The normalized spacial score (nSPS) is 16.6. The summed E-state index contributed by atoms with van der Waals surface area (Å²) in [5.41, 5.74) is 1.90. The van der Waals surface area contributed by atoms with Crippen molar-refractivity contribution < 1.29 is 9.53 Å². The van der Waals surface area contributed by atoms with Gasteiger partial charge in [-0.1, -0.05) is 35.9 Å². The van der Waals surface area contributed by atoms with Crippen LogP contribution in [0.1, 0.15) is 22.8 Å². The molecule has 0 aliphatic carbocycles. The number of aryl methyl sites for hydroxylation is 1. The molecule has 0 spiro atoms. The molecule has 6 nitrogen and oxygen atoms in total. The van der Waals surface area contributed by atoms with Crippen molar-refractivity contribution in [1.82, 2.24) is 14.9 Å². The number of ether oxygens (including phenoxy) is 1. The molecule has 1 aromatic heterocycles. The lowest BCUT2D eigenvalue weighted by Gasteiger charge is -2.40. The number of aromatic nitrogens is 2. The second-order valence-corrected chi connectivity index (χ2v) is 7.29. The minimum absolute atomic E-state index is 0.0730. The van der Waals surface area contributed by atoms with Gasteiger partial charge in [-0.25, -0.2) is 9.97 Å². The number of rotatable bonds is 4. The lowest BCUT2D eigenvalue weighted by Crippen LogP contribution is -2.54. The van der Waals surface area contributed by atoms with Crippen LogP contribution < -0.4 is 9.64 Å². The molecule has 148 valence electrons. The molecule has 0 N–H and O–H groups in total. The Hall–Kier alpha value is -3.41. The van der Waals surface area contributed by atoms with Crippen LogP contribution in [0.3, 0.4) is 0 Å². The minimum atomic E-state index is 0.0730. The van der Waals surface area contributed by atoms with Crippen molar-refractivity contribution in [1.29, 1.82) is 0 Å². The van der Waals surface area contributed by atoms with Crippen molar-refractivity contribution in [3.63, 3.8) is 0 Å². The number of nitrogens with zero attached hydrogens (tertiary/aromatic N) is 4. The lowest BCUT2D eigenvalue weighted by atomic mass is 10.1. The van der Waals surface area contributed by atoms with Crippen LogP contribution in [-0.2, 0) is 0 Å². The maximum Gasteiger partial charge on any atom is 0.254 e. The largest absolute Gasteiger partial charge is 0.439 e. The minimum Gasteiger partial charge on any atom is -0.439 e. The van der Waals surface area contributed by atoms with Gasteiger partial charge in [0.05, 0.1) is 0 Å². The molecule has 1 amide bonds. The van der Waals surface area contributed by atoms with Crippen LogP contribution in [0.25, 0.3) is 0 Å². The van der Waals surface area contributed by atoms with E-state index >= 15 is 0 Å². The van der Waals surface area contributed by atoms with Crippen LogP contribution in [0, 0.1) is 6.92 Å². The Kier molecular flexibility index (Phi) is 5.42. The van der Waals surface area contributed by atoms with Crippen LogP contribution >= 0.6 is 0 Å². The van der Waals surface area contributed by atoms with E-state index in [9.17, 15) is 4.79 Å². The first-order valence-corrected chi connectivity index (χ1v) is 9.78. The van der Waals surface area contributed by atoms with Gasteiger partial charge in [-0.05, 0) is 38.1 Å². The van der Waals surface area contributed by atoms with E-state index < -0.39 is 0 Å². The molecule has 29 heavy (non-hydrogen) atoms. The molecule has 1 saturated heterocycles. The van der Waals surface area contributed by atoms with Gasteiger partial charge in [0.2, 0.25) is 5.88 Å². The van der Waals surface area contributed by atoms with E-state index in [1.807, 2.05) is 72.5 Å². The molecular weight excluding hydrogens is 364 g/mol. The molecule has 2 aromatic carbocycles. The number of hydrogen-bond donors (Lipinski definition) is 0. The van der Waals surface area contributed by atoms with Gasteiger partial charge >= 0.3 is 0 Å². The number of anilines is 1. The quantitative estimate of drug-likeness (QED) is 0.678. The average Bonchev–Trinajstić information content (AvgIpc) is 2.76. The van der Waals surface area contributed by atoms with E-state index in [0.717, 1.165) is 17.1 Å². The van der Waals surface area contributed by atoms with E-state index in [2.05, 4.69) is 21.8 Å². The van der Waals surface area contributed by atoms with Crippen molar-refractivity contribution in [3.8, 4) is 11.6 Å². The number of piperazine rings is 1. The summed E-state index contributed by atoms with van der Waals surface area (Å²) in [6.07, 6.45) is 1.52. The zero-order valence-corrected chi connectivity index (χ0v) is 16.7. The molecule has 4 rings (SSSR count). The molecule has 1 aliphatic rings. The Balaban J connectivity index is 1.44. The third-order valence-electron chi connectivity index (χ3n) is 5.10. The number of carbonyl (C=O) groups is 1. The summed E-state index contributed by atoms with van der Waals surface area (Å²) in [7, 11) is 0. The van der Waals surface area contributed by atoms with E-state index in [0.29, 0.717) is 25.5 Å². The van der Waals surface area contributed by atoms with Crippen LogP contribution in [0.15, 0.2) is 67.0 Å². The van der Waals surface area contributed by atoms with Crippen molar-refractivity contribution in [3.05, 3.63) is 78.1 Å². The monoisotopic (exact) mass is 388 g/mol. The first-order valence-electron chi connectivity index (χ1n) is 9.78. The summed E-state index contributed by atoms with van der Waals surface area (Å²) < 4.78 is 5.87. The molecule has 0 bridgehead atoms. The Morgan fingerprint density at radius 2 is 1.79 bits per heavy atom. The second-order valence-electron chi connectivity index (χ2n) is 7.29. The molecule has 0 radical (unpaired) electrons. The zero-order chi connectivity index (χ0) is 20.2. The average molecular weight is 388 g/mol. The van der Waals surface area contributed by atoms with Crippen molar-refractivity contribution in [2.24, 2.45) is 0 Å². The molecule has 1 atom stereocenters. The maximum absolute atomic E-state index is 12.8. The summed E-state index contributed by atoms with van der Waals surface area (Å²) in [4.78, 5) is 25.5. The van der Waals surface area contributed by atoms with Gasteiger partial charge < -0.3 is 14.5 Å². The number of amides is 1. The summed E-state index contributed by atoms with van der Waals surface area (Å²) in [6.45, 7) is 6.17. The van der Waals surface area contributed by atoms with Crippen molar-refractivity contribution >= 4 is 11.7 Å². The van der Waals surface area contributed by atoms with Crippen LogP contribution in [0.4, 0.5) is 5.82 Å². The first-order chi connectivity index (χ1) is 14.1. The Morgan fingerprint density at radius 3 is 2.52 bits per heavy atom. The fraction of sp³-hybridized carbons (Fsp3) is 0.261. The SMILES string of the molecule is Cc1ccc(Oc2cc(N3CCN(C(=O)c4ccccc4)[C@@H](C)C3)ncn2)cc1. The number of hydrogen-bond acceptors (Lipinski definition) is 5. The first kappa shape index (κ1) is 18.9. The van der Waals surface area contributed by atoms with E-state index in [-0.39, 0.29) is 11.9 Å². The molecule has 0 saturated carbocycles. The highest BCUT2D eigenvalue weighted by atomic mass is 16.5. The molecule has 0 unspecified atom stereocenters. The van der Waals surface area contributed by atoms with Crippen LogP contribution in [0.5, 0.6) is 11.6 Å². The molecule has 2 heterocycles. The van der Waals surface area contributed by atoms with Gasteiger partial charge in [0.25, 0.3) is 5.91 Å². The molecule has 3 aromatic rings. The van der Waals surface area contributed by atoms with Gasteiger partial charge in [0, 0.05) is 37.3 Å². The van der Waals surface area contributed by atoms with Gasteiger partial charge in [0.1, 0.15) is 17.9 Å². The topological polar surface area (TPSA) is 58.6 Å². The third kappa shape index (κ3) is 4.37. The highest BCUT2D eigenvalue weighted by Gasteiger charge is 2.28. The fourth-order valence-electron chi connectivity index (χ4n) is 3.50. The number of benzene rings is 2. The van der Waals surface area contributed by atoms with Gasteiger partial charge in [-0.3, -0.25) is 4.79 Å². The summed E-state index contributed by atoms with van der Waals surface area (Å²) in [6, 6.07) is 19.2. The fourth-order valence-corrected chi connectivity index (χ4v) is 3.50. The highest BCUT2D eigenvalue weighted by molar-refractivity contribution is 5.94. The second kappa shape index (κ2) is 8.31. The van der Waals surface area contributed by atoms with Crippen molar-refractivity contribution in [2.45, 2.75) is 19.9 Å².